The number of rotatable bonds is 4. The first kappa shape index (κ1) is 14.4. The van der Waals surface area contributed by atoms with Crippen molar-refractivity contribution in [3.63, 3.8) is 0 Å². The van der Waals surface area contributed by atoms with Crippen LogP contribution in [0.5, 0.6) is 0 Å². The molecule has 1 aromatic heterocycles. The summed E-state index contributed by atoms with van der Waals surface area (Å²) in [5.74, 6) is 0. The fraction of sp³-hybridized carbons (Fsp3) is 0.235. The van der Waals surface area contributed by atoms with E-state index in [9.17, 15) is 0 Å². The number of fused-ring (bicyclic) bond motifs is 1. The van der Waals surface area contributed by atoms with Crippen LogP contribution in [0.2, 0.25) is 5.02 Å². The highest BCUT2D eigenvalue weighted by Gasteiger charge is 2.06. The quantitative estimate of drug-likeness (QED) is 0.706. The Labute approximate surface area is 133 Å². The van der Waals surface area contributed by atoms with E-state index in [4.69, 9.17) is 11.6 Å². The second-order valence-electron chi connectivity index (χ2n) is 5.29. The molecule has 0 spiro atoms. The van der Waals surface area contributed by atoms with Gasteiger partial charge in [-0.05, 0) is 56.2 Å². The van der Waals surface area contributed by atoms with Crippen LogP contribution >= 0.6 is 22.9 Å². The van der Waals surface area contributed by atoms with Crippen LogP contribution in [0.25, 0.3) is 10.2 Å². The summed E-state index contributed by atoms with van der Waals surface area (Å²) >= 11 is 7.65. The van der Waals surface area contributed by atoms with Crippen molar-refractivity contribution in [2.45, 2.75) is 26.3 Å². The third-order valence-electron chi connectivity index (χ3n) is 3.36. The van der Waals surface area contributed by atoms with Gasteiger partial charge in [-0.15, -0.1) is 11.3 Å². The van der Waals surface area contributed by atoms with Crippen LogP contribution in [-0.2, 0) is 6.42 Å². The lowest BCUT2D eigenvalue weighted by molar-refractivity contribution is 0.790. The predicted octanol–water partition coefficient (Wildman–Crippen LogP) is 5.30. The summed E-state index contributed by atoms with van der Waals surface area (Å²) in [7, 11) is 0. The molecule has 0 fully saturated rings. The standard InChI is InChI=1S/C17H17ClN2S/c1-11(9-13-3-5-14(18)6-4-13)19-15-7-8-16-17(10-15)21-12(2)20-16/h3-8,10-11,19H,9H2,1-2H3. The Bertz CT molecular complexity index is 749. The van der Waals surface area contributed by atoms with Crippen LogP contribution in [-0.4, -0.2) is 11.0 Å². The van der Waals surface area contributed by atoms with Crippen molar-refractivity contribution in [1.29, 1.82) is 0 Å². The molecule has 1 unspecified atom stereocenters. The highest BCUT2D eigenvalue weighted by molar-refractivity contribution is 7.18. The predicted molar refractivity (Wildman–Crippen MR) is 92.6 cm³/mol. The maximum Gasteiger partial charge on any atom is 0.0907 e. The number of nitrogens with one attached hydrogen (secondary N) is 1. The van der Waals surface area contributed by atoms with E-state index in [2.05, 4.69) is 47.6 Å². The van der Waals surface area contributed by atoms with Crippen molar-refractivity contribution in [3.05, 3.63) is 58.1 Å². The normalized spacial score (nSPS) is 12.5. The molecule has 0 saturated heterocycles. The van der Waals surface area contributed by atoms with Crippen molar-refractivity contribution in [2.75, 3.05) is 5.32 Å². The summed E-state index contributed by atoms with van der Waals surface area (Å²) in [4.78, 5) is 4.49. The molecule has 2 aromatic carbocycles. The molecule has 4 heteroatoms. The number of anilines is 1. The Morgan fingerprint density at radius 1 is 1.19 bits per heavy atom. The van der Waals surface area contributed by atoms with Crippen molar-refractivity contribution in [3.8, 4) is 0 Å². The molecule has 0 aliphatic carbocycles. The number of benzene rings is 2. The average molecular weight is 317 g/mol. The van der Waals surface area contributed by atoms with Gasteiger partial charge in [-0.1, -0.05) is 23.7 Å². The minimum absolute atomic E-state index is 0.359. The molecule has 0 bridgehead atoms. The third kappa shape index (κ3) is 3.55. The van der Waals surface area contributed by atoms with Gasteiger partial charge in [0.1, 0.15) is 0 Å². The van der Waals surface area contributed by atoms with Gasteiger partial charge in [-0.3, -0.25) is 0 Å². The van der Waals surface area contributed by atoms with Crippen molar-refractivity contribution in [1.82, 2.24) is 4.98 Å². The number of thiazole rings is 1. The Morgan fingerprint density at radius 2 is 1.95 bits per heavy atom. The van der Waals surface area contributed by atoms with Crippen LogP contribution in [0, 0.1) is 6.92 Å². The van der Waals surface area contributed by atoms with Crippen LogP contribution < -0.4 is 5.32 Å². The fourth-order valence-electron chi connectivity index (χ4n) is 2.44. The van der Waals surface area contributed by atoms with E-state index in [1.807, 2.05) is 19.1 Å². The van der Waals surface area contributed by atoms with Crippen LogP contribution in [0.1, 0.15) is 17.5 Å². The van der Waals surface area contributed by atoms with Gasteiger partial charge >= 0.3 is 0 Å². The molecule has 0 radical (unpaired) electrons. The Hall–Kier alpha value is -1.58. The number of aromatic nitrogens is 1. The lowest BCUT2D eigenvalue weighted by Gasteiger charge is -2.15. The Balaban J connectivity index is 1.70. The van der Waals surface area contributed by atoms with Gasteiger partial charge in [-0.2, -0.15) is 0 Å². The first-order valence-corrected chi connectivity index (χ1v) is 8.18. The molecule has 0 aliphatic heterocycles. The molecule has 1 heterocycles. The third-order valence-corrected chi connectivity index (χ3v) is 4.55. The molecule has 21 heavy (non-hydrogen) atoms. The number of hydrogen-bond acceptors (Lipinski definition) is 3. The lowest BCUT2D eigenvalue weighted by Crippen LogP contribution is -2.17. The van der Waals surface area contributed by atoms with E-state index in [-0.39, 0.29) is 0 Å². The van der Waals surface area contributed by atoms with Gasteiger partial charge in [0.15, 0.2) is 0 Å². The molecule has 108 valence electrons. The molecule has 1 atom stereocenters. The minimum atomic E-state index is 0.359. The molecular weight excluding hydrogens is 300 g/mol. The largest absolute Gasteiger partial charge is 0.382 e. The number of halogens is 1. The van der Waals surface area contributed by atoms with Crippen LogP contribution in [0.3, 0.4) is 0 Å². The number of aryl methyl sites for hydroxylation is 1. The monoisotopic (exact) mass is 316 g/mol. The van der Waals surface area contributed by atoms with Gasteiger partial charge in [0.25, 0.3) is 0 Å². The van der Waals surface area contributed by atoms with Crippen molar-refractivity contribution < 1.29 is 0 Å². The molecule has 3 aromatic rings. The first-order chi connectivity index (χ1) is 10.1. The average Bonchev–Trinajstić information content (AvgIpc) is 2.80. The number of hydrogen-bond donors (Lipinski definition) is 1. The molecule has 0 amide bonds. The topological polar surface area (TPSA) is 24.9 Å². The minimum Gasteiger partial charge on any atom is -0.382 e. The van der Waals surface area contributed by atoms with E-state index >= 15 is 0 Å². The van der Waals surface area contributed by atoms with Gasteiger partial charge in [0, 0.05) is 16.8 Å². The molecule has 1 N–H and O–H groups in total. The summed E-state index contributed by atoms with van der Waals surface area (Å²) in [6.45, 7) is 4.23. The van der Waals surface area contributed by atoms with Crippen LogP contribution in [0.4, 0.5) is 5.69 Å². The summed E-state index contributed by atoms with van der Waals surface area (Å²) in [5.41, 5.74) is 3.51. The summed E-state index contributed by atoms with van der Waals surface area (Å²) < 4.78 is 1.23. The maximum absolute atomic E-state index is 5.92. The molecular formula is C17H17ClN2S. The van der Waals surface area contributed by atoms with Gasteiger partial charge in [0.05, 0.1) is 15.2 Å². The second-order valence-corrected chi connectivity index (χ2v) is 6.96. The first-order valence-electron chi connectivity index (χ1n) is 6.98. The summed E-state index contributed by atoms with van der Waals surface area (Å²) in [6, 6.07) is 14.8. The van der Waals surface area contributed by atoms with Crippen molar-refractivity contribution >= 4 is 38.8 Å². The highest BCUT2D eigenvalue weighted by atomic mass is 35.5. The van der Waals surface area contributed by atoms with E-state index in [0.29, 0.717) is 6.04 Å². The number of nitrogens with zero attached hydrogens (tertiary/aromatic N) is 1. The van der Waals surface area contributed by atoms with Crippen molar-refractivity contribution in [2.24, 2.45) is 0 Å². The highest BCUT2D eigenvalue weighted by Crippen LogP contribution is 2.25. The van der Waals surface area contributed by atoms with Gasteiger partial charge < -0.3 is 5.32 Å². The zero-order valence-corrected chi connectivity index (χ0v) is 13.6. The summed E-state index contributed by atoms with van der Waals surface area (Å²) in [5, 5.41) is 5.44. The SMILES string of the molecule is Cc1nc2ccc(NC(C)Cc3ccc(Cl)cc3)cc2s1. The van der Waals surface area contributed by atoms with Gasteiger partial charge in [-0.25, -0.2) is 4.98 Å². The van der Waals surface area contributed by atoms with Crippen LogP contribution in [0.15, 0.2) is 42.5 Å². The van der Waals surface area contributed by atoms with E-state index in [1.54, 1.807) is 11.3 Å². The smallest absolute Gasteiger partial charge is 0.0907 e. The summed E-state index contributed by atoms with van der Waals surface area (Å²) in [6.07, 6.45) is 0.969. The Kier molecular flexibility index (Phi) is 4.13. The molecule has 0 saturated carbocycles. The fourth-order valence-corrected chi connectivity index (χ4v) is 3.43. The van der Waals surface area contributed by atoms with E-state index in [1.165, 1.54) is 10.3 Å². The van der Waals surface area contributed by atoms with E-state index in [0.717, 1.165) is 27.7 Å². The molecule has 0 aliphatic rings. The second kappa shape index (κ2) is 6.04. The maximum atomic E-state index is 5.92. The Morgan fingerprint density at radius 3 is 2.71 bits per heavy atom. The van der Waals surface area contributed by atoms with Gasteiger partial charge in [0.2, 0.25) is 0 Å². The van der Waals surface area contributed by atoms with E-state index < -0.39 is 0 Å². The zero-order chi connectivity index (χ0) is 14.8. The lowest BCUT2D eigenvalue weighted by atomic mass is 10.1. The molecule has 2 nitrogen and oxygen atoms in total. The zero-order valence-electron chi connectivity index (χ0n) is 12.1. The molecule has 3 rings (SSSR count).